The lowest BCUT2D eigenvalue weighted by atomic mass is 9.83. The second-order valence-electron chi connectivity index (χ2n) is 6.23. The molecule has 1 aliphatic heterocycles. The first kappa shape index (κ1) is 15.2. The zero-order valence-electron chi connectivity index (χ0n) is 12.7. The molecule has 1 atom stereocenters. The minimum Gasteiger partial charge on any atom is -0.481 e. The second kappa shape index (κ2) is 7.05. The first-order chi connectivity index (χ1) is 10.7. The number of hydrogen-bond donors (Lipinski definition) is 2. The molecule has 1 saturated heterocycles. The van der Waals surface area contributed by atoms with E-state index in [0.717, 1.165) is 24.4 Å². The van der Waals surface area contributed by atoms with E-state index in [1.54, 1.807) is 6.33 Å². The van der Waals surface area contributed by atoms with Gasteiger partial charge in [-0.2, -0.15) is 0 Å². The van der Waals surface area contributed by atoms with Crippen molar-refractivity contribution in [1.82, 2.24) is 9.97 Å². The molecular formula is C16H23N3O3. The Morgan fingerprint density at radius 1 is 1.32 bits per heavy atom. The molecule has 1 saturated carbocycles. The van der Waals surface area contributed by atoms with E-state index in [1.165, 1.54) is 19.3 Å². The van der Waals surface area contributed by atoms with Gasteiger partial charge in [0, 0.05) is 37.4 Å². The molecule has 6 heteroatoms. The van der Waals surface area contributed by atoms with Crippen LogP contribution in [0.25, 0.3) is 0 Å². The van der Waals surface area contributed by atoms with Crippen molar-refractivity contribution in [3.8, 4) is 0 Å². The molecule has 0 spiro atoms. The normalized spacial score (nSPS) is 21.1. The minimum absolute atomic E-state index is 0.173. The fourth-order valence-electron chi connectivity index (χ4n) is 3.18. The Labute approximate surface area is 130 Å². The highest BCUT2D eigenvalue weighted by Crippen LogP contribution is 2.35. The van der Waals surface area contributed by atoms with Gasteiger partial charge in [-0.25, -0.2) is 9.97 Å². The largest absolute Gasteiger partial charge is 0.481 e. The molecule has 1 aliphatic carbocycles. The number of hydrogen-bond acceptors (Lipinski definition) is 5. The number of carbonyl (C=O) groups is 1. The number of aliphatic carboxylic acids is 1. The van der Waals surface area contributed by atoms with Crippen molar-refractivity contribution < 1.29 is 14.6 Å². The fourth-order valence-corrected chi connectivity index (χ4v) is 3.18. The second-order valence-corrected chi connectivity index (χ2v) is 6.23. The van der Waals surface area contributed by atoms with Crippen LogP contribution in [0, 0.1) is 11.8 Å². The molecule has 1 aromatic rings. The monoisotopic (exact) mass is 305 g/mol. The molecule has 1 aromatic heterocycles. The van der Waals surface area contributed by atoms with Crippen LogP contribution in [0.3, 0.4) is 0 Å². The van der Waals surface area contributed by atoms with Gasteiger partial charge in [-0.05, 0) is 31.6 Å². The average molecular weight is 305 g/mol. The van der Waals surface area contributed by atoms with Gasteiger partial charge in [-0.3, -0.25) is 4.79 Å². The lowest BCUT2D eigenvalue weighted by molar-refractivity contribution is -0.144. The Hall–Kier alpha value is -1.69. The maximum atomic E-state index is 11.5. The Balaban J connectivity index is 1.60. The summed E-state index contributed by atoms with van der Waals surface area (Å²) in [5.74, 6) is 0.315. The Morgan fingerprint density at radius 3 is 2.73 bits per heavy atom. The van der Waals surface area contributed by atoms with Crippen molar-refractivity contribution in [3.63, 3.8) is 0 Å². The number of carboxylic acid groups (broad SMARTS) is 1. The highest BCUT2D eigenvalue weighted by Gasteiger charge is 2.29. The predicted molar refractivity (Wildman–Crippen MR) is 81.8 cm³/mol. The number of nitrogens with one attached hydrogen (secondary N) is 1. The van der Waals surface area contributed by atoms with Crippen molar-refractivity contribution in [3.05, 3.63) is 18.1 Å². The van der Waals surface area contributed by atoms with E-state index in [4.69, 9.17) is 4.74 Å². The quantitative estimate of drug-likeness (QED) is 0.839. The predicted octanol–water partition coefficient (Wildman–Crippen LogP) is 2.28. The van der Waals surface area contributed by atoms with Crippen LogP contribution in [0.15, 0.2) is 12.4 Å². The topological polar surface area (TPSA) is 84.3 Å². The number of carboxylic acids is 1. The summed E-state index contributed by atoms with van der Waals surface area (Å²) in [6, 6.07) is 1.96. The van der Waals surface area contributed by atoms with E-state index in [2.05, 4.69) is 15.3 Å². The van der Waals surface area contributed by atoms with Gasteiger partial charge >= 0.3 is 5.97 Å². The van der Waals surface area contributed by atoms with Crippen molar-refractivity contribution in [2.24, 2.45) is 11.8 Å². The van der Waals surface area contributed by atoms with Crippen LogP contribution >= 0.6 is 0 Å². The zero-order valence-corrected chi connectivity index (χ0v) is 12.7. The third-order valence-electron chi connectivity index (χ3n) is 4.87. The number of aromatic nitrogens is 2. The van der Waals surface area contributed by atoms with Crippen LogP contribution in [-0.4, -0.2) is 40.8 Å². The number of ether oxygens (including phenoxy) is 1. The minimum atomic E-state index is -0.743. The molecule has 120 valence electrons. The van der Waals surface area contributed by atoms with Crippen LogP contribution in [0.5, 0.6) is 0 Å². The average Bonchev–Trinajstić information content (AvgIpc) is 2.47. The fraction of sp³-hybridized carbons (Fsp3) is 0.688. The number of rotatable bonds is 6. The molecule has 2 heterocycles. The maximum absolute atomic E-state index is 11.5. The molecule has 0 aromatic carbocycles. The smallest absolute Gasteiger partial charge is 0.308 e. The van der Waals surface area contributed by atoms with E-state index in [-0.39, 0.29) is 5.92 Å². The molecule has 1 unspecified atom stereocenters. The molecule has 0 radical (unpaired) electrons. The Kier molecular flexibility index (Phi) is 4.87. The summed E-state index contributed by atoms with van der Waals surface area (Å²) in [7, 11) is 0. The van der Waals surface area contributed by atoms with E-state index in [1.807, 2.05) is 6.07 Å². The van der Waals surface area contributed by atoms with E-state index in [9.17, 15) is 9.90 Å². The molecule has 2 fully saturated rings. The molecule has 0 bridgehead atoms. The maximum Gasteiger partial charge on any atom is 0.308 e. The van der Waals surface area contributed by atoms with Crippen molar-refractivity contribution in [2.45, 2.75) is 38.0 Å². The van der Waals surface area contributed by atoms with Gasteiger partial charge in [0.25, 0.3) is 0 Å². The summed E-state index contributed by atoms with van der Waals surface area (Å²) in [4.78, 5) is 20.1. The Morgan fingerprint density at radius 2 is 2.09 bits per heavy atom. The van der Waals surface area contributed by atoms with Crippen molar-refractivity contribution in [2.75, 3.05) is 25.1 Å². The van der Waals surface area contributed by atoms with E-state index in [0.29, 0.717) is 25.7 Å². The van der Waals surface area contributed by atoms with Crippen LogP contribution in [0.1, 0.15) is 43.7 Å². The van der Waals surface area contributed by atoms with Gasteiger partial charge < -0.3 is 15.2 Å². The summed E-state index contributed by atoms with van der Waals surface area (Å²) >= 11 is 0. The molecule has 3 rings (SSSR count). The van der Waals surface area contributed by atoms with Gasteiger partial charge in [0.15, 0.2) is 0 Å². The number of nitrogens with zero attached hydrogens (tertiary/aromatic N) is 2. The van der Waals surface area contributed by atoms with Crippen molar-refractivity contribution >= 4 is 11.8 Å². The summed E-state index contributed by atoms with van der Waals surface area (Å²) in [6.45, 7) is 1.72. The zero-order chi connectivity index (χ0) is 15.4. The highest BCUT2D eigenvalue weighted by molar-refractivity contribution is 5.71. The van der Waals surface area contributed by atoms with E-state index < -0.39 is 11.9 Å². The lowest BCUT2D eigenvalue weighted by Crippen LogP contribution is -2.34. The van der Waals surface area contributed by atoms with Crippen LogP contribution in [0.2, 0.25) is 0 Å². The highest BCUT2D eigenvalue weighted by atomic mass is 16.5. The molecule has 22 heavy (non-hydrogen) atoms. The van der Waals surface area contributed by atoms with Gasteiger partial charge in [0.2, 0.25) is 0 Å². The summed E-state index contributed by atoms with van der Waals surface area (Å²) < 4.78 is 5.32. The van der Waals surface area contributed by atoms with Crippen molar-refractivity contribution in [1.29, 1.82) is 0 Å². The first-order valence-corrected chi connectivity index (χ1v) is 8.10. The van der Waals surface area contributed by atoms with Crippen LogP contribution in [-0.2, 0) is 9.53 Å². The molecule has 6 nitrogen and oxygen atoms in total. The SMILES string of the molecule is O=C(O)C(CNc1cc(C2CCC2)ncn1)C1CCOCC1. The number of anilines is 1. The van der Waals surface area contributed by atoms with Crippen LogP contribution in [0.4, 0.5) is 5.82 Å². The summed E-state index contributed by atoms with van der Waals surface area (Å²) in [5.41, 5.74) is 1.07. The summed E-state index contributed by atoms with van der Waals surface area (Å²) in [6.07, 6.45) is 6.85. The van der Waals surface area contributed by atoms with Gasteiger partial charge in [0.05, 0.1) is 5.92 Å². The third kappa shape index (κ3) is 3.55. The van der Waals surface area contributed by atoms with Crippen LogP contribution < -0.4 is 5.32 Å². The van der Waals surface area contributed by atoms with Gasteiger partial charge in [-0.15, -0.1) is 0 Å². The van der Waals surface area contributed by atoms with E-state index >= 15 is 0 Å². The Bertz CT molecular complexity index is 513. The molecule has 0 amide bonds. The van der Waals surface area contributed by atoms with Gasteiger partial charge in [-0.1, -0.05) is 6.42 Å². The molecule has 2 aliphatic rings. The molecular weight excluding hydrogens is 282 g/mol. The first-order valence-electron chi connectivity index (χ1n) is 8.10. The standard InChI is InChI=1S/C16H23N3O3/c20-16(21)13(11-4-6-22-7-5-11)9-17-15-8-14(18-10-19-15)12-2-1-3-12/h8,10-13H,1-7,9H2,(H,20,21)(H,17,18,19). The lowest BCUT2D eigenvalue weighted by Gasteiger charge is -2.28. The van der Waals surface area contributed by atoms with Gasteiger partial charge in [0.1, 0.15) is 12.1 Å². The summed E-state index contributed by atoms with van der Waals surface area (Å²) in [5, 5.41) is 12.7. The third-order valence-corrected chi connectivity index (χ3v) is 4.87. The molecule has 2 N–H and O–H groups in total.